The minimum Gasteiger partial charge on any atom is -0.495 e. The molecule has 0 unspecified atom stereocenters. The van der Waals surface area contributed by atoms with Gasteiger partial charge in [-0.1, -0.05) is 11.6 Å². The maximum Gasteiger partial charge on any atom is 0.271 e. The van der Waals surface area contributed by atoms with Crippen LogP contribution in [0.1, 0.15) is 16.1 Å². The fourth-order valence-electron chi connectivity index (χ4n) is 2.22. The topological polar surface area (TPSA) is 63.8 Å². The number of rotatable bonds is 5. The highest BCUT2D eigenvalue weighted by molar-refractivity contribution is 6.32. The molecule has 1 heterocycles. The van der Waals surface area contributed by atoms with Gasteiger partial charge in [-0.15, -0.1) is 0 Å². The van der Waals surface area contributed by atoms with Crippen LogP contribution in [0.4, 0.5) is 4.39 Å². The molecule has 0 aliphatic carbocycles. The summed E-state index contributed by atoms with van der Waals surface area (Å²) in [6, 6.07) is 13.9. The summed E-state index contributed by atoms with van der Waals surface area (Å²) in [4.78, 5) is 11.9. The molecule has 0 radical (unpaired) electrons. The Hall–Kier alpha value is -3.12. The zero-order chi connectivity index (χ0) is 18.5. The molecule has 0 saturated heterocycles. The van der Waals surface area contributed by atoms with Crippen LogP contribution in [0, 0.1) is 5.82 Å². The minimum absolute atomic E-state index is 0.302. The number of methoxy groups -OCH3 is 1. The molecule has 3 rings (SSSR count). The van der Waals surface area contributed by atoms with Crippen LogP contribution < -0.4 is 10.2 Å². The summed E-state index contributed by atoms with van der Waals surface area (Å²) < 4.78 is 23.6. The van der Waals surface area contributed by atoms with E-state index in [-0.39, 0.29) is 0 Å². The maximum absolute atomic E-state index is 12.8. The lowest BCUT2D eigenvalue weighted by atomic mass is 10.2. The van der Waals surface area contributed by atoms with Gasteiger partial charge in [0.15, 0.2) is 0 Å². The van der Waals surface area contributed by atoms with Crippen LogP contribution in [0.3, 0.4) is 0 Å². The molecule has 0 bridgehead atoms. The smallest absolute Gasteiger partial charge is 0.271 e. The van der Waals surface area contributed by atoms with Gasteiger partial charge >= 0.3 is 0 Å². The molecule has 132 valence electrons. The summed E-state index contributed by atoms with van der Waals surface area (Å²) in [5.74, 6) is 0.765. The van der Waals surface area contributed by atoms with Crippen LogP contribution in [0.25, 0.3) is 11.3 Å². The van der Waals surface area contributed by atoms with E-state index in [0.29, 0.717) is 27.9 Å². The molecule has 1 aromatic heterocycles. The van der Waals surface area contributed by atoms with Crippen molar-refractivity contribution >= 4 is 23.7 Å². The lowest BCUT2D eigenvalue weighted by Gasteiger charge is -2.04. The molecule has 0 saturated carbocycles. The summed E-state index contributed by atoms with van der Waals surface area (Å²) in [6.07, 6.45) is 1.37. The number of furan rings is 1. The summed E-state index contributed by atoms with van der Waals surface area (Å²) in [6.45, 7) is 0. The molecule has 0 fully saturated rings. The zero-order valence-electron chi connectivity index (χ0n) is 13.7. The van der Waals surface area contributed by atoms with Gasteiger partial charge in [-0.05, 0) is 54.6 Å². The summed E-state index contributed by atoms with van der Waals surface area (Å²) in [7, 11) is 1.54. The quantitative estimate of drug-likeness (QED) is 0.529. The second-order valence-electron chi connectivity index (χ2n) is 5.26. The van der Waals surface area contributed by atoms with Crippen molar-refractivity contribution in [3.63, 3.8) is 0 Å². The highest BCUT2D eigenvalue weighted by atomic mass is 35.5. The number of hydrogen-bond acceptors (Lipinski definition) is 4. The number of hydrogen-bond donors (Lipinski definition) is 1. The van der Waals surface area contributed by atoms with E-state index < -0.39 is 11.7 Å². The second-order valence-corrected chi connectivity index (χ2v) is 5.66. The monoisotopic (exact) mass is 372 g/mol. The van der Waals surface area contributed by atoms with Crippen molar-refractivity contribution in [2.24, 2.45) is 5.10 Å². The maximum atomic E-state index is 12.8. The van der Waals surface area contributed by atoms with Crippen molar-refractivity contribution in [3.05, 3.63) is 76.8 Å². The van der Waals surface area contributed by atoms with Gasteiger partial charge in [-0.3, -0.25) is 4.79 Å². The number of hydrazone groups is 1. The molecular weight excluding hydrogens is 359 g/mol. The molecule has 3 aromatic rings. The number of amides is 1. The summed E-state index contributed by atoms with van der Waals surface area (Å²) in [5, 5.41) is 4.31. The van der Waals surface area contributed by atoms with Crippen LogP contribution in [-0.4, -0.2) is 19.2 Å². The average molecular weight is 373 g/mol. The lowest BCUT2D eigenvalue weighted by Crippen LogP contribution is -2.17. The van der Waals surface area contributed by atoms with Gasteiger partial charge in [0.25, 0.3) is 5.91 Å². The normalized spacial score (nSPS) is 10.9. The van der Waals surface area contributed by atoms with E-state index >= 15 is 0 Å². The predicted octanol–water partition coefficient (Wildman–Crippen LogP) is 4.51. The lowest BCUT2D eigenvalue weighted by molar-refractivity contribution is 0.0955. The van der Waals surface area contributed by atoms with Crippen LogP contribution in [-0.2, 0) is 0 Å². The third kappa shape index (κ3) is 4.10. The highest BCUT2D eigenvalue weighted by Crippen LogP contribution is 2.30. The largest absolute Gasteiger partial charge is 0.495 e. The molecule has 2 aromatic carbocycles. The van der Waals surface area contributed by atoms with Crippen molar-refractivity contribution in [1.82, 2.24) is 5.43 Å². The molecule has 0 spiro atoms. The Balaban J connectivity index is 1.66. The van der Waals surface area contributed by atoms with E-state index in [1.807, 2.05) is 6.07 Å². The number of nitrogens with one attached hydrogen (secondary N) is 1. The van der Waals surface area contributed by atoms with Crippen LogP contribution >= 0.6 is 11.6 Å². The van der Waals surface area contributed by atoms with E-state index in [4.69, 9.17) is 20.8 Å². The third-order valence-electron chi connectivity index (χ3n) is 3.53. The number of carbonyl (C=O) groups excluding carboxylic acids is 1. The van der Waals surface area contributed by atoms with Gasteiger partial charge in [-0.25, -0.2) is 9.82 Å². The van der Waals surface area contributed by atoms with Crippen LogP contribution in [0.5, 0.6) is 5.75 Å². The molecule has 26 heavy (non-hydrogen) atoms. The Morgan fingerprint density at radius 2 is 1.96 bits per heavy atom. The molecular formula is C19H14ClFN2O3. The van der Waals surface area contributed by atoms with Gasteiger partial charge in [-0.2, -0.15) is 5.10 Å². The summed E-state index contributed by atoms with van der Waals surface area (Å²) >= 11 is 6.11. The Kier molecular flexibility index (Phi) is 5.34. The van der Waals surface area contributed by atoms with Crippen molar-refractivity contribution < 1.29 is 18.3 Å². The first-order valence-electron chi connectivity index (χ1n) is 7.59. The molecule has 0 aliphatic rings. The van der Waals surface area contributed by atoms with Gasteiger partial charge < -0.3 is 9.15 Å². The van der Waals surface area contributed by atoms with Crippen LogP contribution in [0.15, 0.2) is 64.1 Å². The predicted molar refractivity (Wildman–Crippen MR) is 97.2 cm³/mol. The number of halogens is 2. The molecule has 1 amide bonds. The zero-order valence-corrected chi connectivity index (χ0v) is 14.5. The Bertz CT molecular complexity index is 952. The SMILES string of the molecule is COc1ccc(-c2ccc(C=NNC(=O)c3ccc(F)cc3)o2)cc1Cl. The van der Waals surface area contributed by atoms with Crippen LogP contribution in [0.2, 0.25) is 5.02 Å². The fourth-order valence-corrected chi connectivity index (χ4v) is 2.48. The first-order valence-corrected chi connectivity index (χ1v) is 7.97. The van der Waals surface area contributed by atoms with E-state index in [1.54, 1.807) is 31.4 Å². The summed E-state index contributed by atoms with van der Waals surface area (Å²) in [5.41, 5.74) is 3.44. The van der Waals surface area contributed by atoms with Crippen molar-refractivity contribution in [2.45, 2.75) is 0 Å². The number of benzene rings is 2. The number of ether oxygens (including phenoxy) is 1. The van der Waals surface area contributed by atoms with Crippen molar-refractivity contribution in [3.8, 4) is 17.1 Å². The van der Waals surface area contributed by atoms with E-state index in [1.165, 1.54) is 30.5 Å². The van der Waals surface area contributed by atoms with Crippen molar-refractivity contribution in [2.75, 3.05) is 7.11 Å². The van der Waals surface area contributed by atoms with E-state index in [0.717, 1.165) is 5.56 Å². The first-order chi connectivity index (χ1) is 12.6. The Morgan fingerprint density at radius 1 is 1.19 bits per heavy atom. The first kappa shape index (κ1) is 17.7. The number of nitrogens with zero attached hydrogens (tertiary/aromatic N) is 1. The second kappa shape index (κ2) is 7.84. The molecule has 0 aliphatic heterocycles. The van der Waals surface area contributed by atoms with Gasteiger partial charge in [0, 0.05) is 11.1 Å². The number of carbonyl (C=O) groups is 1. The van der Waals surface area contributed by atoms with Gasteiger partial charge in [0.2, 0.25) is 0 Å². The average Bonchev–Trinajstić information content (AvgIpc) is 3.11. The van der Waals surface area contributed by atoms with E-state index in [9.17, 15) is 9.18 Å². The minimum atomic E-state index is -0.449. The van der Waals surface area contributed by atoms with Crippen molar-refractivity contribution in [1.29, 1.82) is 0 Å². The van der Waals surface area contributed by atoms with E-state index in [2.05, 4.69) is 10.5 Å². The standard InChI is InChI=1S/C19H14ClFN2O3/c1-25-18-8-4-13(10-16(18)20)17-9-7-15(26-17)11-22-23-19(24)12-2-5-14(21)6-3-12/h2-11H,1H3,(H,23,24). The van der Waals surface area contributed by atoms with Gasteiger partial charge in [0.1, 0.15) is 23.1 Å². The third-order valence-corrected chi connectivity index (χ3v) is 3.82. The Morgan fingerprint density at radius 3 is 2.65 bits per heavy atom. The highest BCUT2D eigenvalue weighted by Gasteiger charge is 2.08. The Labute approximate surface area is 154 Å². The molecule has 0 atom stereocenters. The van der Waals surface area contributed by atoms with Gasteiger partial charge in [0.05, 0.1) is 18.3 Å². The molecule has 1 N–H and O–H groups in total. The fraction of sp³-hybridized carbons (Fsp3) is 0.0526. The molecule has 7 heteroatoms. The molecule has 5 nitrogen and oxygen atoms in total.